The fourth-order valence-corrected chi connectivity index (χ4v) is 2.73. The van der Waals surface area contributed by atoms with E-state index in [0.717, 1.165) is 24.0 Å². The molecule has 5 nitrogen and oxygen atoms in total. The maximum absolute atomic E-state index is 4.64. The lowest BCUT2D eigenvalue weighted by Crippen LogP contribution is -2.22. The van der Waals surface area contributed by atoms with Gasteiger partial charge in [-0.1, -0.05) is 0 Å². The number of likely N-dealkylation sites (tertiary alicyclic amines) is 1. The molecule has 2 N–H and O–H groups in total. The van der Waals surface area contributed by atoms with Crippen LogP contribution in [0.25, 0.3) is 0 Å². The predicted octanol–water partition coefficient (Wildman–Crippen LogP) is 2.29. The number of anilines is 2. The fourth-order valence-electron chi connectivity index (χ4n) is 2.73. The van der Waals surface area contributed by atoms with Crippen LogP contribution in [0.4, 0.5) is 11.6 Å². The van der Waals surface area contributed by atoms with E-state index >= 15 is 0 Å². The lowest BCUT2D eigenvalue weighted by molar-refractivity contribution is 0.337. The van der Waals surface area contributed by atoms with E-state index in [-0.39, 0.29) is 0 Å². The summed E-state index contributed by atoms with van der Waals surface area (Å²) >= 11 is 0. The Labute approximate surface area is 121 Å². The second-order valence-electron chi connectivity index (χ2n) is 5.85. The molecule has 0 radical (unpaired) electrons. The lowest BCUT2D eigenvalue weighted by Gasteiger charge is -2.15. The second kappa shape index (κ2) is 6.39. The lowest BCUT2D eigenvalue weighted by atomic mass is 10.3. The zero-order chi connectivity index (χ0) is 13.8. The van der Waals surface area contributed by atoms with Crippen molar-refractivity contribution in [3.8, 4) is 0 Å². The Kier molecular flexibility index (Phi) is 4.35. The highest BCUT2D eigenvalue weighted by molar-refractivity contribution is 5.47. The zero-order valence-electron chi connectivity index (χ0n) is 12.4. The van der Waals surface area contributed by atoms with Crippen LogP contribution in [0.2, 0.25) is 0 Å². The second-order valence-corrected chi connectivity index (χ2v) is 5.85. The van der Waals surface area contributed by atoms with Crippen molar-refractivity contribution in [1.82, 2.24) is 14.9 Å². The minimum atomic E-state index is 0.591. The molecule has 2 fully saturated rings. The number of hydrogen-bond acceptors (Lipinski definition) is 5. The normalized spacial score (nSPS) is 19.2. The van der Waals surface area contributed by atoms with Crippen LogP contribution in [0.1, 0.15) is 43.8 Å². The monoisotopic (exact) mass is 275 g/mol. The zero-order valence-corrected chi connectivity index (χ0v) is 12.4. The number of aromatic nitrogens is 2. The Hall–Kier alpha value is -1.36. The third-order valence-electron chi connectivity index (χ3n) is 4.10. The molecule has 1 aliphatic carbocycles. The topological polar surface area (TPSA) is 53.1 Å². The van der Waals surface area contributed by atoms with E-state index in [2.05, 4.69) is 25.5 Å². The van der Waals surface area contributed by atoms with Gasteiger partial charge in [0, 0.05) is 25.6 Å². The van der Waals surface area contributed by atoms with Crippen molar-refractivity contribution in [1.29, 1.82) is 0 Å². The molecule has 2 heterocycles. The Morgan fingerprint density at radius 3 is 2.65 bits per heavy atom. The molecule has 1 aromatic heterocycles. The summed E-state index contributed by atoms with van der Waals surface area (Å²) in [5.41, 5.74) is 0. The van der Waals surface area contributed by atoms with Gasteiger partial charge in [0.05, 0.1) is 0 Å². The van der Waals surface area contributed by atoms with Gasteiger partial charge in [-0.05, 0) is 51.7 Å². The Balaban J connectivity index is 1.49. The average molecular weight is 275 g/mol. The maximum Gasteiger partial charge on any atom is 0.136 e. The van der Waals surface area contributed by atoms with Gasteiger partial charge in [-0.3, -0.25) is 0 Å². The van der Waals surface area contributed by atoms with E-state index in [9.17, 15) is 0 Å². The summed E-state index contributed by atoms with van der Waals surface area (Å²) < 4.78 is 0. The largest absolute Gasteiger partial charge is 0.373 e. The van der Waals surface area contributed by atoms with Crippen molar-refractivity contribution in [2.45, 2.75) is 38.0 Å². The van der Waals surface area contributed by atoms with E-state index in [4.69, 9.17) is 0 Å². The quantitative estimate of drug-likeness (QED) is 0.748. The molecule has 0 amide bonds. The summed E-state index contributed by atoms with van der Waals surface area (Å²) in [5, 5.41) is 6.57. The third kappa shape index (κ3) is 3.60. The highest BCUT2D eigenvalue weighted by atomic mass is 15.1. The van der Waals surface area contributed by atoms with E-state index in [1.165, 1.54) is 51.7 Å². The summed E-state index contributed by atoms with van der Waals surface area (Å²) in [5.74, 6) is 3.48. The minimum Gasteiger partial charge on any atom is -0.373 e. The van der Waals surface area contributed by atoms with Gasteiger partial charge in [0.2, 0.25) is 0 Å². The first-order valence-electron chi connectivity index (χ1n) is 7.88. The van der Waals surface area contributed by atoms with E-state index in [1.807, 2.05) is 13.1 Å². The molecule has 0 unspecified atom stereocenters. The summed E-state index contributed by atoms with van der Waals surface area (Å²) in [4.78, 5) is 11.7. The first-order valence-corrected chi connectivity index (χ1v) is 7.88. The van der Waals surface area contributed by atoms with Gasteiger partial charge < -0.3 is 15.5 Å². The molecule has 0 atom stereocenters. The van der Waals surface area contributed by atoms with Crippen molar-refractivity contribution in [3.63, 3.8) is 0 Å². The van der Waals surface area contributed by atoms with Gasteiger partial charge in [-0.25, -0.2) is 9.97 Å². The minimum absolute atomic E-state index is 0.591. The molecule has 2 aliphatic rings. The molecule has 5 heteroatoms. The van der Waals surface area contributed by atoms with Crippen molar-refractivity contribution < 1.29 is 0 Å². The smallest absolute Gasteiger partial charge is 0.136 e. The van der Waals surface area contributed by atoms with Crippen molar-refractivity contribution in [3.05, 3.63) is 11.9 Å². The average Bonchev–Trinajstić information content (AvgIpc) is 3.21. The Morgan fingerprint density at radius 1 is 1.20 bits per heavy atom. The van der Waals surface area contributed by atoms with Crippen molar-refractivity contribution in [2.75, 3.05) is 43.9 Å². The van der Waals surface area contributed by atoms with Gasteiger partial charge in [-0.15, -0.1) is 0 Å². The fraction of sp³-hybridized carbons (Fsp3) is 0.733. The molecule has 3 rings (SSSR count). The number of rotatable bonds is 7. The molecule has 110 valence electrons. The van der Waals surface area contributed by atoms with E-state index in [0.29, 0.717) is 5.92 Å². The van der Waals surface area contributed by atoms with Crippen LogP contribution in [-0.2, 0) is 0 Å². The molecule has 1 aromatic rings. The van der Waals surface area contributed by atoms with Crippen molar-refractivity contribution in [2.24, 2.45) is 0 Å². The van der Waals surface area contributed by atoms with Gasteiger partial charge in [0.25, 0.3) is 0 Å². The van der Waals surface area contributed by atoms with Crippen LogP contribution in [0.3, 0.4) is 0 Å². The van der Waals surface area contributed by atoms with Gasteiger partial charge in [0.15, 0.2) is 0 Å². The standard InChI is InChI=1S/C15H25N5/c1-16-13-11-14(19-15(18-13)12-5-6-12)17-7-4-10-20-8-2-3-9-20/h11-12H,2-10H2,1H3,(H2,16,17,18,19). The number of nitrogens with zero attached hydrogens (tertiary/aromatic N) is 3. The van der Waals surface area contributed by atoms with Crippen LogP contribution in [0, 0.1) is 0 Å². The molecule has 0 bridgehead atoms. The summed E-state index contributed by atoms with van der Waals surface area (Å²) in [6.45, 7) is 4.75. The molecule has 0 aromatic carbocycles. The van der Waals surface area contributed by atoms with E-state index < -0.39 is 0 Å². The predicted molar refractivity (Wildman–Crippen MR) is 82.3 cm³/mol. The highest BCUT2D eigenvalue weighted by Gasteiger charge is 2.27. The molecular weight excluding hydrogens is 250 g/mol. The number of hydrogen-bond donors (Lipinski definition) is 2. The SMILES string of the molecule is CNc1cc(NCCCN2CCCC2)nc(C2CC2)n1. The Bertz CT molecular complexity index is 438. The molecule has 1 saturated carbocycles. The van der Waals surface area contributed by atoms with Crippen LogP contribution in [-0.4, -0.2) is 48.1 Å². The molecule has 20 heavy (non-hydrogen) atoms. The van der Waals surface area contributed by atoms with Crippen LogP contribution >= 0.6 is 0 Å². The van der Waals surface area contributed by atoms with Crippen LogP contribution < -0.4 is 10.6 Å². The van der Waals surface area contributed by atoms with Crippen molar-refractivity contribution >= 4 is 11.6 Å². The first kappa shape index (κ1) is 13.6. The Morgan fingerprint density at radius 2 is 1.95 bits per heavy atom. The van der Waals surface area contributed by atoms with Crippen LogP contribution in [0.15, 0.2) is 6.07 Å². The van der Waals surface area contributed by atoms with Gasteiger partial charge in [0.1, 0.15) is 17.5 Å². The molecule has 1 saturated heterocycles. The first-order chi connectivity index (χ1) is 9.85. The molecule has 1 aliphatic heterocycles. The molecule has 0 spiro atoms. The van der Waals surface area contributed by atoms with E-state index in [1.54, 1.807) is 0 Å². The summed E-state index contributed by atoms with van der Waals surface area (Å²) in [7, 11) is 1.91. The summed E-state index contributed by atoms with van der Waals surface area (Å²) in [6, 6.07) is 2.00. The maximum atomic E-state index is 4.64. The highest BCUT2D eigenvalue weighted by Crippen LogP contribution is 2.38. The van der Waals surface area contributed by atoms with Gasteiger partial charge >= 0.3 is 0 Å². The summed E-state index contributed by atoms with van der Waals surface area (Å²) in [6.07, 6.45) is 6.39. The molecular formula is C15H25N5. The van der Waals surface area contributed by atoms with Gasteiger partial charge in [-0.2, -0.15) is 0 Å². The number of nitrogens with one attached hydrogen (secondary N) is 2. The van der Waals surface area contributed by atoms with Crippen LogP contribution in [0.5, 0.6) is 0 Å². The third-order valence-corrected chi connectivity index (χ3v) is 4.10.